The van der Waals surface area contributed by atoms with E-state index in [4.69, 9.17) is 0 Å². The maximum Gasteiger partial charge on any atom is 0.127 e. The van der Waals surface area contributed by atoms with E-state index in [9.17, 15) is 8.78 Å². The molecule has 0 saturated heterocycles. The summed E-state index contributed by atoms with van der Waals surface area (Å²) in [6, 6.07) is 7.48. The largest absolute Gasteiger partial charge is 0.321 e. The molecule has 0 amide bonds. The maximum atomic E-state index is 13.5. The Hall–Kier alpha value is -2.21. The molecule has 0 aliphatic heterocycles. The van der Waals surface area contributed by atoms with E-state index in [1.165, 1.54) is 23.9 Å². The van der Waals surface area contributed by atoms with E-state index in [-0.39, 0.29) is 5.92 Å². The maximum absolute atomic E-state index is 13.5. The topological polar surface area (TPSA) is 30.7 Å². The minimum Gasteiger partial charge on any atom is -0.321 e. The molecule has 0 unspecified atom stereocenters. The number of halogens is 2. The second kappa shape index (κ2) is 7.35. The third-order valence-corrected chi connectivity index (χ3v) is 4.98. The van der Waals surface area contributed by atoms with Gasteiger partial charge in [0.2, 0.25) is 0 Å². The lowest BCUT2D eigenvalue weighted by molar-refractivity contribution is 0.577. The molecular weight excluding hydrogens is 340 g/mol. The zero-order chi connectivity index (χ0) is 18.0. The first kappa shape index (κ1) is 17.6. The monoisotopic (exact) mass is 359 g/mol. The van der Waals surface area contributed by atoms with Gasteiger partial charge < -0.3 is 4.57 Å². The second-order valence-corrected chi connectivity index (χ2v) is 7.23. The molecule has 0 atom stereocenters. The number of pyridine rings is 1. The molecule has 3 aromatic rings. The van der Waals surface area contributed by atoms with E-state index in [0.29, 0.717) is 11.4 Å². The summed E-state index contributed by atoms with van der Waals surface area (Å²) in [6.07, 6.45) is 3.54. The Balaban J connectivity index is 1.98. The third kappa shape index (κ3) is 4.07. The van der Waals surface area contributed by atoms with Crippen molar-refractivity contribution in [3.05, 3.63) is 71.4 Å². The van der Waals surface area contributed by atoms with Crippen molar-refractivity contribution in [3.8, 4) is 0 Å². The van der Waals surface area contributed by atoms with Crippen molar-refractivity contribution in [3.63, 3.8) is 0 Å². The number of hydrogen-bond acceptors (Lipinski definition) is 3. The highest BCUT2D eigenvalue weighted by Gasteiger charge is 2.17. The average Bonchev–Trinajstić information content (AvgIpc) is 2.91. The van der Waals surface area contributed by atoms with Crippen molar-refractivity contribution in [1.82, 2.24) is 14.5 Å². The van der Waals surface area contributed by atoms with Gasteiger partial charge in [0.15, 0.2) is 0 Å². The van der Waals surface area contributed by atoms with Crippen LogP contribution in [0.5, 0.6) is 0 Å². The van der Waals surface area contributed by atoms with Crippen molar-refractivity contribution in [2.24, 2.45) is 0 Å². The van der Waals surface area contributed by atoms with Crippen molar-refractivity contribution in [1.29, 1.82) is 0 Å². The number of hydrogen-bond donors (Lipinski definition) is 0. The van der Waals surface area contributed by atoms with Gasteiger partial charge >= 0.3 is 0 Å². The van der Waals surface area contributed by atoms with Crippen LogP contribution >= 0.6 is 11.8 Å². The first-order valence-electron chi connectivity index (χ1n) is 8.03. The summed E-state index contributed by atoms with van der Waals surface area (Å²) in [7, 11) is 0. The smallest absolute Gasteiger partial charge is 0.127 e. The van der Waals surface area contributed by atoms with Crippen LogP contribution in [0.15, 0.2) is 52.8 Å². The molecule has 0 N–H and O–H groups in total. The Morgan fingerprint density at radius 1 is 1.12 bits per heavy atom. The number of nitrogens with zero attached hydrogens (tertiary/aromatic N) is 3. The van der Waals surface area contributed by atoms with E-state index in [2.05, 4.69) is 23.8 Å². The molecule has 3 nitrogen and oxygen atoms in total. The first-order valence-corrected chi connectivity index (χ1v) is 8.85. The van der Waals surface area contributed by atoms with E-state index in [1.807, 2.05) is 23.6 Å². The highest BCUT2D eigenvalue weighted by Crippen LogP contribution is 2.34. The summed E-state index contributed by atoms with van der Waals surface area (Å²) in [5.41, 5.74) is 2.95. The van der Waals surface area contributed by atoms with Crippen LogP contribution in [0.25, 0.3) is 0 Å². The van der Waals surface area contributed by atoms with Crippen LogP contribution in [-0.2, 0) is 6.54 Å². The molecule has 130 valence electrons. The van der Waals surface area contributed by atoms with Crippen LogP contribution < -0.4 is 0 Å². The minimum atomic E-state index is -0.581. The Morgan fingerprint density at radius 2 is 1.84 bits per heavy atom. The number of aromatic nitrogens is 3. The fraction of sp³-hybridized carbons (Fsp3) is 0.263. The van der Waals surface area contributed by atoms with Crippen LogP contribution in [0, 0.1) is 18.6 Å². The minimum absolute atomic E-state index is 0.206. The van der Waals surface area contributed by atoms with Crippen LogP contribution in [0.1, 0.15) is 36.7 Å². The lowest BCUT2D eigenvalue weighted by atomic mass is 10.1. The molecule has 0 fully saturated rings. The van der Waals surface area contributed by atoms with Gasteiger partial charge in [-0.25, -0.2) is 13.8 Å². The molecule has 0 aliphatic rings. The molecule has 2 aromatic heterocycles. The van der Waals surface area contributed by atoms with Crippen LogP contribution in [0.4, 0.5) is 8.78 Å². The summed E-state index contributed by atoms with van der Waals surface area (Å²) in [4.78, 5) is 9.35. The van der Waals surface area contributed by atoms with Crippen molar-refractivity contribution in [2.45, 2.75) is 43.2 Å². The summed E-state index contributed by atoms with van der Waals surface area (Å²) >= 11 is 1.33. The van der Waals surface area contributed by atoms with Gasteiger partial charge in [-0.1, -0.05) is 31.7 Å². The fourth-order valence-electron chi connectivity index (χ4n) is 2.57. The van der Waals surface area contributed by atoms with E-state index in [0.717, 1.165) is 28.0 Å². The van der Waals surface area contributed by atoms with E-state index >= 15 is 0 Å². The molecule has 0 spiro atoms. The molecule has 6 heteroatoms. The summed E-state index contributed by atoms with van der Waals surface area (Å²) in [5, 5.41) is 0.892. The molecule has 0 radical (unpaired) electrons. The van der Waals surface area contributed by atoms with Crippen LogP contribution in [-0.4, -0.2) is 14.5 Å². The van der Waals surface area contributed by atoms with E-state index in [1.54, 1.807) is 12.5 Å². The first-order chi connectivity index (χ1) is 11.9. The van der Waals surface area contributed by atoms with Gasteiger partial charge in [0.05, 0.1) is 18.6 Å². The van der Waals surface area contributed by atoms with Crippen molar-refractivity contribution in [2.75, 3.05) is 0 Å². The van der Waals surface area contributed by atoms with Gasteiger partial charge in [0, 0.05) is 22.9 Å². The summed E-state index contributed by atoms with van der Waals surface area (Å²) < 4.78 is 29.1. The van der Waals surface area contributed by atoms with Gasteiger partial charge in [-0.2, -0.15) is 0 Å². The molecule has 0 bridgehead atoms. The van der Waals surface area contributed by atoms with Gasteiger partial charge in [-0.05, 0) is 36.6 Å². The highest BCUT2D eigenvalue weighted by atomic mass is 32.2. The molecule has 3 rings (SSSR count). The Kier molecular flexibility index (Phi) is 5.18. The average molecular weight is 359 g/mol. The molecule has 1 aromatic carbocycles. The van der Waals surface area contributed by atoms with Gasteiger partial charge in [-0.3, -0.25) is 4.98 Å². The lowest BCUT2D eigenvalue weighted by Crippen LogP contribution is -2.04. The van der Waals surface area contributed by atoms with Crippen LogP contribution in [0.2, 0.25) is 0 Å². The second-order valence-electron chi connectivity index (χ2n) is 6.17. The normalized spacial score (nSPS) is 11.3. The molecule has 2 heterocycles. The summed E-state index contributed by atoms with van der Waals surface area (Å²) in [5.74, 6) is -0.956. The summed E-state index contributed by atoms with van der Waals surface area (Å²) in [6.45, 7) is 6.68. The van der Waals surface area contributed by atoms with Crippen molar-refractivity contribution >= 4 is 11.8 Å². The standard InChI is InChI=1S/C19H19F2N3S/c1-12(2)18-19(25-17-8-15(20)7-16(21)9-17)24(11-23-18)10-14-5-4-6-22-13(14)3/h4-9,11-12H,10H2,1-3H3. The van der Waals surface area contributed by atoms with Crippen molar-refractivity contribution < 1.29 is 8.78 Å². The molecule has 25 heavy (non-hydrogen) atoms. The fourth-order valence-corrected chi connectivity index (χ4v) is 3.76. The van der Waals surface area contributed by atoms with E-state index < -0.39 is 11.6 Å². The number of imidazole rings is 1. The highest BCUT2D eigenvalue weighted by molar-refractivity contribution is 7.99. The zero-order valence-corrected chi connectivity index (χ0v) is 15.1. The number of benzene rings is 1. The predicted molar refractivity (Wildman–Crippen MR) is 94.9 cm³/mol. The zero-order valence-electron chi connectivity index (χ0n) is 14.3. The molecule has 0 aliphatic carbocycles. The van der Waals surface area contributed by atoms with Gasteiger partial charge in [0.25, 0.3) is 0 Å². The SMILES string of the molecule is Cc1ncccc1Cn1cnc(C(C)C)c1Sc1cc(F)cc(F)c1. The molecule has 0 saturated carbocycles. The lowest BCUT2D eigenvalue weighted by Gasteiger charge is -2.12. The molecular formula is C19H19F2N3S. The predicted octanol–water partition coefficient (Wildman–Crippen LogP) is 5.19. The van der Waals surface area contributed by atoms with Gasteiger partial charge in [0.1, 0.15) is 16.7 Å². The number of aryl methyl sites for hydroxylation is 1. The Bertz CT molecular complexity index is 870. The quantitative estimate of drug-likeness (QED) is 0.628. The van der Waals surface area contributed by atoms with Crippen LogP contribution in [0.3, 0.4) is 0 Å². The number of rotatable bonds is 5. The Labute approximate surface area is 150 Å². The Morgan fingerprint density at radius 3 is 2.48 bits per heavy atom. The van der Waals surface area contributed by atoms with Gasteiger partial charge in [-0.15, -0.1) is 0 Å². The third-order valence-electron chi connectivity index (χ3n) is 3.87.